The number of ether oxygens (including phenoxy) is 1. The van der Waals surface area contributed by atoms with Crippen molar-refractivity contribution in [1.29, 1.82) is 0 Å². The normalized spacial score (nSPS) is 16.1. The lowest BCUT2D eigenvalue weighted by Gasteiger charge is -2.34. The molecule has 2 aromatic rings. The van der Waals surface area contributed by atoms with Gasteiger partial charge in [0.1, 0.15) is 6.04 Å². The number of benzene rings is 2. The first-order chi connectivity index (χ1) is 14.0. The van der Waals surface area contributed by atoms with Crippen LogP contribution in [0.15, 0.2) is 54.6 Å². The maximum absolute atomic E-state index is 12.9. The van der Waals surface area contributed by atoms with E-state index in [1.807, 2.05) is 37.8 Å². The molecule has 1 unspecified atom stereocenters. The number of nitrogens with one attached hydrogen (secondary N) is 1. The van der Waals surface area contributed by atoms with E-state index in [4.69, 9.17) is 4.74 Å². The minimum absolute atomic E-state index is 0.187. The van der Waals surface area contributed by atoms with E-state index >= 15 is 0 Å². The zero-order chi connectivity index (χ0) is 20.6. The van der Waals surface area contributed by atoms with Gasteiger partial charge in [0, 0.05) is 18.8 Å². The van der Waals surface area contributed by atoms with Crippen LogP contribution in [-0.4, -0.2) is 36.0 Å². The fourth-order valence-electron chi connectivity index (χ4n) is 3.90. The summed E-state index contributed by atoms with van der Waals surface area (Å²) < 4.78 is 5.68. The summed E-state index contributed by atoms with van der Waals surface area (Å²) in [5, 5.41) is 3.37. The molecule has 1 heterocycles. The van der Waals surface area contributed by atoms with Gasteiger partial charge in [-0.2, -0.15) is 0 Å². The van der Waals surface area contributed by atoms with Crippen molar-refractivity contribution in [2.75, 3.05) is 18.4 Å². The van der Waals surface area contributed by atoms with E-state index in [0.29, 0.717) is 12.5 Å². The molecule has 1 aliphatic rings. The third-order valence-corrected chi connectivity index (χ3v) is 5.56. The molecular formula is C25H34N2O2. The van der Waals surface area contributed by atoms with Crippen molar-refractivity contribution in [2.45, 2.75) is 58.8 Å². The maximum atomic E-state index is 12.9. The van der Waals surface area contributed by atoms with Gasteiger partial charge in [-0.25, -0.2) is 0 Å². The molecule has 0 saturated carbocycles. The standard InChI is InChI=1S/C25H34N2O2/c1-19(2)29-18-23-10-7-11-24(17-23)26-20(3)25(28)27-14-12-22(13-15-27)16-21-8-5-4-6-9-21/h4-11,17,19-20,22,26H,12-16,18H2,1-3H3. The van der Waals surface area contributed by atoms with E-state index in [0.717, 1.165) is 43.6 Å². The summed E-state index contributed by atoms with van der Waals surface area (Å²) in [5.41, 5.74) is 3.48. The molecule has 1 fully saturated rings. The van der Waals surface area contributed by atoms with Crippen LogP contribution in [0.4, 0.5) is 5.69 Å². The largest absolute Gasteiger partial charge is 0.374 e. The van der Waals surface area contributed by atoms with Crippen molar-refractivity contribution in [3.8, 4) is 0 Å². The van der Waals surface area contributed by atoms with E-state index in [1.54, 1.807) is 0 Å². The molecule has 0 bridgehead atoms. The number of nitrogens with zero attached hydrogens (tertiary/aromatic N) is 1. The third-order valence-electron chi connectivity index (χ3n) is 5.56. The Kier molecular flexibility index (Phi) is 7.70. The lowest BCUT2D eigenvalue weighted by Crippen LogP contribution is -2.45. The molecule has 4 heteroatoms. The minimum atomic E-state index is -0.234. The molecule has 29 heavy (non-hydrogen) atoms. The van der Waals surface area contributed by atoms with Crippen LogP contribution in [0.2, 0.25) is 0 Å². The van der Waals surface area contributed by atoms with Gasteiger partial charge in [-0.1, -0.05) is 42.5 Å². The first-order valence-corrected chi connectivity index (χ1v) is 10.8. The van der Waals surface area contributed by atoms with Gasteiger partial charge in [-0.3, -0.25) is 4.79 Å². The van der Waals surface area contributed by atoms with Crippen LogP contribution in [0.3, 0.4) is 0 Å². The number of carbonyl (C=O) groups is 1. The number of piperidine rings is 1. The zero-order valence-corrected chi connectivity index (χ0v) is 17.9. The van der Waals surface area contributed by atoms with Gasteiger partial charge in [0.25, 0.3) is 0 Å². The number of anilines is 1. The van der Waals surface area contributed by atoms with Gasteiger partial charge < -0.3 is 15.0 Å². The summed E-state index contributed by atoms with van der Waals surface area (Å²) in [6, 6.07) is 18.6. The van der Waals surface area contributed by atoms with Crippen LogP contribution in [0.25, 0.3) is 0 Å². The molecule has 0 aliphatic carbocycles. The van der Waals surface area contributed by atoms with Crippen molar-refractivity contribution in [3.05, 3.63) is 65.7 Å². The van der Waals surface area contributed by atoms with Gasteiger partial charge in [0.2, 0.25) is 5.91 Å². The molecule has 4 nitrogen and oxygen atoms in total. The van der Waals surface area contributed by atoms with Crippen molar-refractivity contribution < 1.29 is 9.53 Å². The Morgan fingerprint density at radius 1 is 1.03 bits per heavy atom. The van der Waals surface area contributed by atoms with E-state index < -0.39 is 0 Å². The van der Waals surface area contributed by atoms with E-state index in [1.165, 1.54) is 5.56 Å². The molecule has 0 spiro atoms. The number of hydrogen-bond acceptors (Lipinski definition) is 3. The summed E-state index contributed by atoms with van der Waals surface area (Å²) in [7, 11) is 0. The van der Waals surface area contributed by atoms with E-state index in [-0.39, 0.29) is 18.1 Å². The fourth-order valence-corrected chi connectivity index (χ4v) is 3.90. The quantitative estimate of drug-likeness (QED) is 0.693. The molecule has 1 amide bonds. The third kappa shape index (κ3) is 6.60. The summed E-state index contributed by atoms with van der Waals surface area (Å²) in [4.78, 5) is 14.9. The topological polar surface area (TPSA) is 41.6 Å². The Bertz CT molecular complexity index is 767. The lowest BCUT2D eigenvalue weighted by molar-refractivity contribution is -0.133. The highest BCUT2D eigenvalue weighted by atomic mass is 16.5. The van der Waals surface area contributed by atoms with Crippen molar-refractivity contribution in [3.63, 3.8) is 0 Å². The summed E-state index contributed by atoms with van der Waals surface area (Å²) in [6.07, 6.45) is 3.48. The highest BCUT2D eigenvalue weighted by Crippen LogP contribution is 2.22. The van der Waals surface area contributed by atoms with Crippen molar-refractivity contribution in [1.82, 2.24) is 4.90 Å². The number of hydrogen-bond donors (Lipinski definition) is 1. The van der Waals surface area contributed by atoms with Crippen LogP contribution in [0.5, 0.6) is 0 Å². The Morgan fingerprint density at radius 2 is 1.72 bits per heavy atom. The molecular weight excluding hydrogens is 360 g/mol. The average molecular weight is 395 g/mol. The van der Waals surface area contributed by atoms with E-state index in [9.17, 15) is 4.79 Å². The number of rotatable bonds is 8. The van der Waals surface area contributed by atoms with Gasteiger partial charge >= 0.3 is 0 Å². The molecule has 156 valence electrons. The Hall–Kier alpha value is -2.33. The van der Waals surface area contributed by atoms with Crippen LogP contribution in [-0.2, 0) is 22.6 Å². The van der Waals surface area contributed by atoms with Crippen LogP contribution in [0.1, 0.15) is 44.7 Å². The van der Waals surface area contributed by atoms with Crippen molar-refractivity contribution in [2.24, 2.45) is 5.92 Å². The molecule has 3 rings (SSSR count). The SMILES string of the molecule is CC(C)OCc1cccc(NC(C)C(=O)N2CCC(Cc3ccccc3)CC2)c1. The molecule has 1 N–H and O–H groups in total. The first-order valence-electron chi connectivity index (χ1n) is 10.8. The zero-order valence-electron chi connectivity index (χ0n) is 17.9. The van der Waals surface area contributed by atoms with Crippen LogP contribution < -0.4 is 5.32 Å². The number of likely N-dealkylation sites (tertiary alicyclic amines) is 1. The number of amides is 1. The van der Waals surface area contributed by atoms with Gasteiger partial charge in [0.05, 0.1) is 12.7 Å². The molecule has 0 aromatic heterocycles. The molecule has 1 saturated heterocycles. The second kappa shape index (κ2) is 10.4. The Labute approximate surface area is 175 Å². The molecule has 2 aromatic carbocycles. The van der Waals surface area contributed by atoms with Gasteiger partial charge in [-0.15, -0.1) is 0 Å². The van der Waals surface area contributed by atoms with Crippen LogP contribution in [0, 0.1) is 5.92 Å². The first kappa shape index (κ1) is 21.4. The van der Waals surface area contributed by atoms with E-state index in [2.05, 4.69) is 47.8 Å². The Morgan fingerprint density at radius 3 is 2.41 bits per heavy atom. The maximum Gasteiger partial charge on any atom is 0.244 e. The second-order valence-electron chi connectivity index (χ2n) is 8.38. The monoisotopic (exact) mass is 394 g/mol. The minimum Gasteiger partial charge on any atom is -0.374 e. The summed E-state index contributed by atoms with van der Waals surface area (Å²) in [5.74, 6) is 0.856. The molecule has 1 atom stereocenters. The van der Waals surface area contributed by atoms with Gasteiger partial charge in [-0.05, 0) is 69.2 Å². The molecule has 0 radical (unpaired) electrons. The van der Waals surface area contributed by atoms with Crippen LogP contribution >= 0.6 is 0 Å². The fraction of sp³-hybridized carbons (Fsp3) is 0.480. The predicted octanol–water partition coefficient (Wildman–Crippen LogP) is 4.89. The van der Waals surface area contributed by atoms with Gasteiger partial charge in [0.15, 0.2) is 0 Å². The van der Waals surface area contributed by atoms with Crippen molar-refractivity contribution >= 4 is 11.6 Å². The Balaban J connectivity index is 1.47. The lowest BCUT2D eigenvalue weighted by atomic mass is 9.90. The number of carbonyl (C=O) groups excluding carboxylic acids is 1. The summed E-state index contributed by atoms with van der Waals surface area (Å²) in [6.45, 7) is 8.31. The molecule has 1 aliphatic heterocycles. The second-order valence-corrected chi connectivity index (χ2v) is 8.38. The summed E-state index contributed by atoms with van der Waals surface area (Å²) >= 11 is 0. The highest BCUT2D eigenvalue weighted by Gasteiger charge is 2.26. The highest BCUT2D eigenvalue weighted by molar-refractivity contribution is 5.84. The average Bonchev–Trinajstić information content (AvgIpc) is 2.73. The smallest absolute Gasteiger partial charge is 0.244 e. The predicted molar refractivity (Wildman–Crippen MR) is 119 cm³/mol.